The SMILES string of the molecule is COC(=O)CCCNC(=O)CSc1nnnn1-c1c(C)cccc1C. The van der Waals surface area contributed by atoms with Crippen molar-refractivity contribution in [2.24, 2.45) is 0 Å². The number of aryl methyl sites for hydroxylation is 2. The number of nitrogens with one attached hydrogen (secondary N) is 1. The molecule has 8 nitrogen and oxygen atoms in total. The van der Waals surface area contributed by atoms with Gasteiger partial charge >= 0.3 is 5.97 Å². The number of thioether (sulfide) groups is 1. The van der Waals surface area contributed by atoms with Crippen LogP contribution in [0, 0.1) is 13.8 Å². The average molecular weight is 363 g/mol. The molecule has 2 rings (SSSR count). The Kier molecular flexibility index (Phi) is 6.93. The number of methoxy groups -OCH3 is 1. The summed E-state index contributed by atoms with van der Waals surface area (Å²) in [6.45, 7) is 4.41. The fourth-order valence-corrected chi connectivity index (χ4v) is 3.00. The summed E-state index contributed by atoms with van der Waals surface area (Å²) in [5, 5.41) is 15.1. The molecule has 1 aromatic heterocycles. The summed E-state index contributed by atoms with van der Waals surface area (Å²) in [6, 6.07) is 5.96. The Morgan fingerprint density at radius 3 is 2.68 bits per heavy atom. The van der Waals surface area contributed by atoms with Crippen molar-refractivity contribution < 1.29 is 14.3 Å². The molecule has 9 heteroatoms. The average Bonchev–Trinajstić information content (AvgIpc) is 3.04. The van der Waals surface area contributed by atoms with E-state index in [0.29, 0.717) is 18.1 Å². The van der Waals surface area contributed by atoms with Gasteiger partial charge in [0, 0.05) is 13.0 Å². The van der Waals surface area contributed by atoms with Gasteiger partial charge in [-0.1, -0.05) is 30.0 Å². The minimum Gasteiger partial charge on any atom is -0.469 e. The molecule has 1 aromatic carbocycles. The fraction of sp³-hybridized carbons (Fsp3) is 0.438. The van der Waals surface area contributed by atoms with E-state index in [4.69, 9.17) is 0 Å². The van der Waals surface area contributed by atoms with Gasteiger partial charge in [0.2, 0.25) is 11.1 Å². The largest absolute Gasteiger partial charge is 0.469 e. The summed E-state index contributed by atoms with van der Waals surface area (Å²) in [5.41, 5.74) is 3.04. The van der Waals surface area contributed by atoms with E-state index in [1.54, 1.807) is 4.68 Å². The molecule has 25 heavy (non-hydrogen) atoms. The van der Waals surface area contributed by atoms with E-state index in [1.807, 2.05) is 32.0 Å². The first-order valence-corrected chi connectivity index (χ1v) is 8.82. The van der Waals surface area contributed by atoms with Crippen LogP contribution < -0.4 is 5.32 Å². The zero-order valence-electron chi connectivity index (χ0n) is 14.5. The van der Waals surface area contributed by atoms with E-state index in [-0.39, 0.29) is 24.1 Å². The molecule has 0 saturated carbocycles. The molecule has 0 aliphatic carbocycles. The van der Waals surface area contributed by atoms with E-state index < -0.39 is 0 Å². The van der Waals surface area contributed by atoms with Crippen molar-refractivity contribution in [3.05, 3.63) is 29.3 Å². The second-order valence-electron chi connectivity index (χ2n) is 5.43. The van der Waals surface area contributed by atoms with E-state index in [1.165, 1.54) is 18.9 Å². The highest BCUT2D eigenvalue weighted by Gasteiger charge is 2.14. The maximum atomic E-state index is 11.9. The first-order valence-electron chi connectivity index (χ1n) is 7.84. The number of para-hydroxylation sites is 1. The molecule has 1 heterocycles. The third-order valence-corrected chi connectivity index (χ3v) is 4.45. The van der Waals surface area contributed by atoms with Crippen molar-refractivity contribution in [1.82, 2.24) is 25.5 Å². The van der Waals surface area contributed by atoms with Crippen molar-refractivity contribution in [3.8, 4) is 5.69 Å². The first-order chi connectivity index (χ1) is 12.0. The molecule has 0 atom stereocenters. The molecule has 134 valence electrons. The van der Waals surface area contributed by atoms with Crippen LogP contribution >= 0.6 is 11.8 Å². The van der Waals surface area contributed by atoms with Crippen molar-refractivity contribution in [2.45, 2.75) is 31.8 Å². The lowest BCUT2D eigenvalue weighted by atomic mass is 10.1. The second kappa shape index (κ2) is 9.16. The van der Waals surface area contributed by atoms with Gasteiger partial charge in [0.05, 0.1) is 18.6 Å². The lowest BCUT2D eigenvalue weighted by Gasteiger charge is -2.10. The van der Waals surface area contributed by atoms with Crippen LogP contribution in [0.1, 0.15) is 24.0 Å². The van der Waals surface area contributed by atoms with Crippen LogP contribution in [0.25, 0.3) is 5.69 Å². The highest BCUT2D eigenvalue weighted by molar-refractivity contribution is 7.99. The Morgan fingerprint density at radius 2 is 2.00 bits per heavy atom. The monoisotopic (exact) mass is 363 g/mol. The van der Waals surface area contributed by atoms with Gasteiger partial charge in [0.25, 0.3) is 0 Å². The minimum atomic E-state index is -0.281. The standard InChI is InChI=1S/C16H21N5O3S/c1-11-6-4-7-12(2)15(11)21-16(18-19-20-21)25-10-13(22)17-9-5-8-14(23)24-3/h4,6-7H,5,8-10H2,1-3H3,(H,17,22). The molecule has 0 radical (unpaired) electrons. The number of rotatable bonds is 8. The topological polar surface area (TPSA) is 99.0 Å². The van der Waals surface area contributed by atoms with Crippen LogP contribution in [0.2, 0.25) is 0 Å². The van der Waals surface area contributed by atoms with Gasteiger partial charge in [-0.3, -0.25) is 9.59 Å². The number of esters is 1. The van der Waals surface area contributed by atoms with Gasteiger partial charge in [-0.05, 0) is 41.8 Å². The normalized spacial score (nSPS) is 10.5. The molecular weight excluding hydrogens is 342 g/mol. The van der Waals surface area contributed by atoms with Crippen molar-refractivity contribution in [2.75, 3.05) is 19.4 Å². The summed E-state index contributed by atoms with van der Waals surface area (Å²) in [5.74, 6) is -0.217. The van der Waals surface area contributed by atoms with E-state index in [9.17, 15) is 9.59 Å². The number of carbonyl (C=O) groups excluding carboxylic acids is 2. The number of carbonyl (C=O) groups is 2. The van der Waals surface area contributed by atoms with Gasteiger partial charge in [-0.25, -0.2) is 0 Å². The zero-order chi connectivity index (χ0) is 18.2. The minimum absolute atomic E-state index is 0.133. The van der Waals surface area contributed by atoms with E-state index in [0.717, 1.165) is 16.8 Å². The maximum absolute atomic E-state index is 11.9. The quantitative estimate of drug-likeness (QED) is 0.430. The molecule has 0 unspecified atom stereocenters. The van der Waals surface area contributed by atoms with Crippen LogP contribution in [0.15, 0.2) is 23.4 Å². The summed E-state index contributed by atoms with van der Waals surface area (Å²) in [6.07, 6.45) is 0.831. The predicted octanol–water partition coefficient (Wildman–Crippen LogP) is 1.44. The Balaban J connectivity index is 1.89. The predicted molar refractivity (Wildman–Crippen MR) is 93.6 cm³/mol. The zero-order valence-corrected chi connectivity index (χ0v) is 15.3. The molecule has 0 aliphatic heterocycles. The molecule has 1 amide bonds. The van der Waals surface area contributed by atoms with Crippen LogP contribution in [0.5, 0.6) is 0 Å². The molecule has 0 spiro atoms. The number of hydrogen-bond donors (Lipinski definition) is 1. The molecule has 2 aromatic rings. The molecule has 0 bridgehead atoms. The molecular formula is C16H21N5O3S. The number of ether oxygens (including phenoxy) is 1. The van der Waals surface area contributed by atoms with Gasteiger partial charge in [0.1, 0.15) is 0 Å². The van der Waals surface area contributed by atoms with Crippen LogP contribution in [-0.4, -0.2) is 51.5 Å². The lowest BCUT2D eigenvalue weighted by molar-refractivity contribution is -0.140. The highest BCUT2D eigenvalue weighted by atomic mass is 32.2. The third kappa shape index (κ3) is 5.28. The first kappa shape index (κ1) is 18.9. The van der Waals surface area contributed by atoms with Crippen LogP contribution in [0.3, 0.4) is 0 Å². The van der Waals surface area contributed by atoms with E-state index in [2.05, 4.69) is 25.6 Å². The smallest absolute Gasteiger partial charge is 0.305 e. The van der Waals surface area contributed by atoms with Gasteiger partial charge < -0.3 is 10.1 Å². The summed E-state index contributed by atoms with van der Waals surface area (Å²) in [7, 11) is 1.35. The van der Waals surface area contributed by atoms with Gasteiger partial charge in [0.15, 0.2) is 0 Å². The summed E-state index contributed by atoms with van der Waals surface area (Å²) in [4.78, 5) is 22.9. The van der Waals surface area contributed by atoms with Crippen LogP contribution in [0.4, 0.5) is 0 Å². The lowest BCUT2D eigenvalue weighted by Crippen LogP contribution is -2.26. The number of tetrazole rings is 1. The van der Waals surface area contributed by atoms with Crippen LogP contribution in [-0.2, 0) is 14.3 Å². The third-order valence-electron chi connectivity index (χ3n) is 3.53. The van der Waals surface area contributed by atoms with E-state index >= 15 is 0 Å². The Morgan fingerprint density at radius 1 is 1.28 bits per heavy atom. The number of amides is 1. The maximum Gasteiger partial charge on any atom is 0.305 e. The van der Waals surface area contributed by atoms with Gasteiger partial charge in [-0.15, -0.1) is 5.10 Å². The Bertz CT molecular complexity index is 727. The number of benzene rings is 1. The Labute approximate surface area is 150 Å². The molecule has 1 N–H and O–H groups in total. The number of nitrogens with zero attached hydrogens (tertiary/aromatic N) is 4. The highest BCUT2D eigenvalue weighted by Crippen LogP contribution is 2.23. The summed E-state index contributed by atoms with van der Waals surface area (Å²) < 4.78 is 6.20. The summed E-state index contributed by atoms with van der Waals surface area (Å²) >= 11 is 1.27. The van der Waals surface area contributed by atoms with Crippen molar-refractivity contribution in [1.29, 1.82) is 0 Å². The number of hydrogen-bond acceptors (Lipinski definition) is 7. The molecule has 0 saturated heterocycles. The van der Waals surface area contributed by atoms with Gasteiger partial charge in [-0.2, -0.15) is 4.68 Å². The van der Waals surface area contributed by atoms with Crippen molar-refractivity contribution >= 4 is 23.6 Å². The number of aromatic nitrogens is 4. The molecule has 0 aliphatic rings. The second-order valence-corrected chi connectivity index (χ2v) is 6.37. The fourth-order valence-electron chi connectivity index (χ4n) is 2.29. The van der Waals surface area contributed by atoms with Crippen molar-refractivity contribution in [3.63, 3.8) is 0 Å². The molecule has 0 fully saturated rings. The Hall–Kier alpha value is -2.42.